The second kappa shape index (κ2) is 10.2. The number of methoxy groups -OCH3 is 1. The molecule has 0 unspecified atom stereocenters. The maximum atomic E-state index is 12.6. The summed E-state index contributed by atoms with van der Waals surface area (Å²) in [5.41, 5.74) is 0.843. The fourth-order valence-corrected chi connectivity index (χ4v) is 2.41. The third-order valence-electron chi connectivity index (χ3n) is 3.75. The van der Waals surface area contributed by atoms with Crippen molar-refractivity contribution in [3.05, 3.63) is 42.1 Å². The topological polar surface area (TPSA) is 96.7 Å². The largest absolute Gasteiger partial charge is 0.497 e. The van der Waals surface area contributed by atoms with E-state index in [0.29, 0.717) is 30.4 Å². The van der Waals surface area contributed by atoms with Crippen LogP contribution in [0, 0.1) is 0 Å². The van der Waals surface area contributed by atoms with Gasteiger partial charge >= 0.3 is 6.03 Å². The highest BCUT2D eigenvalue weighted by molar-refractivity contribution is 5.92. The number of hydrogen-bond donors (Lipinski definition) is 2. The highest BCUT2D eigenvalue weighted by Gasteiger charge is 2.18. The van der Waals surface area contributed by atoms with Gasteiger partial charge in [0, 0.05) is 24.8 Å². The quantitative estimate of drug-likeness (QED) is 0.702. The van der Waals surface area contributed by atoms with Gasteiger partial charge in [-0.1, -0.05) is 19.9 Å². The standard InChI is InChI=1S/C19H26N4O4/c1-4-9-20-18(24)16-13-27-17(22-16)12-23(10-5-2)19(25)21-14-7-6-8-15(11-14)26-3/h6-8,11,13H,4-5,9-10,12H2,1-3H3,(H,20,24)(H,21,25). The number of benzene rings is 1. The molecule has 0 radical (unpaired) electrons. The van der Waals surface area contributed by atoms with E-state index in [1.807, 2.05) is 13.8 Å². The van der Waals surface area contributed by atoms with Crippen LogP contribution in [0.3, 0.4) is 0 Å². The van der Waals surface area contributed by atoms with Crippen LogP contribution in [0.5, 0.6) is 5.75 Å². The van der Waals surface area contributed by atoms with Gasteiger partial charge in [0.1, 0.15) is 12.0 Å². The van der Waals surface area contributed by atoms with Gasteiger partial charge in [0.25, 0.3) is 5.91 Å². The van der Waals surface area contributed by atoms with Gasteiger partial charge in [-0.05, 0) is 25.0 Å². The number of rotatable bonds is 9. The summed E-state index contributed by atoms with van der Waals surface area (Å²) in [6.45, 7) is 5.22. The van der Waals surface area contributed by atoms with Crippen molar-refractivity contribution in [2.24, 2.45) is 0 Å². The molecule has 8 heteroatoms. The van der Waals surface area contributed by atoms with Crippen LogP contribution < -0.4 is 15.4 Å². The van der Waals surface area contributed by atoms with Crippen molar-refractivity contribution < 1.29 is 18.7 Å². The number of hydrogen-bond acceptors (Lipinski definition) is 5. The van der Waals surface area contributed by atoms with E-state index in [-0.39, 0.29) is 24.2 Å². The van der Waals surface area contributed by atoms with Gasteiger partial charge in [-0.15, -0.1) is 0 Å². The first kappa shape index (κ1) is 20.3. The molecule has 3 amide bonds. The van der Waals surface area contributed by atoms with Gasteiger partial charge in [-0.25, -0.2) is 9.78 Å². The van der Waals surface area contributed by atoms with Crippen molar-refractivity contribution in [2.75, 3.05) is 25.5 Å². The number of carbonyl (C=O) groups excluding carboxylic acids is 2. The second-order valence-electron chi connectivity index (χ2n) is 5.97. The Hall–Kier alpha value is -3.03. The van der Waals surface area contributed by atoms with Crippen molar-refractivity contribution in [1.82, 2.24) is 15.2 Å². The van der Waals surface area contributed by atoms with Crippen LogP contribution >= 0.6 is 0 Å². The van der Waals surface area contributed by atoms with Crippen LogP contribution in [0.2, 0.25) is 0 Å². The van der Waals surface area contributed by atoms with Crippen LogP contribution in [0.25, 0.3) is 0 Å². The van der Waals surface area contributed by atoms with Crippen LogP contribution in [0.4, 0.5) is 10.5 Å². The minimum absolute atomic E-state index is 0.171. The lowest BCUT2D eigenvalue weighted by Gasteiger charge is -2.21. The number of carbonyl (C=O) groups is 2. The fraction of sp³-hybridized carbons (Fsp3) is 0.421. The predicted octanol–water partition coefficient (Wildman–Crippen LogP) is 3.27. The third kappa shape index (κ3) is 6.02. The van der Waals surface area contributed by atoms with E-state index in [1.165, 1.54) is 6.26 Å². The van der Waals surface area contributed by atoms with Crippen LogP contribution in [-0.4, -0.2) is 42.0 Å². The number of amides is 3. The van der Waals surface area contributed by atoms with Gasteiger partial charge in [0.15, 0.2) is 5.69 Å². The zero-order chi connectivity index (χ0) is 19.6. The van der Waals surface area contributed by atoms with E-state index in [1.54, 1.807) is 36.3 Å². The average Bonchev–Trinajstić information content (AvgIpc) is 3.14. The van der Waals surface area contributed by atoms with Crippen molar-refractivity contribution in [3.63, 3.8) is 0 Å². The Bertz CT molecular complexity index is 760. The number of aromatic nitrogens is 1. The molecule has 146 valence electrons. The molecule has 0 spiro atoms. The summed E-state index contributed by atoms with van der Waals surface area (Å²) in [4.78, 5) is 30.3. The molecule has 1 aromatic heterocycles. The van der Waals surface area contributed by atoms with E-state index in [4.69, 9.17) is 9.15 Å². The van der Waals surface area contributed by atoms with Crippen molar-refractivity contribution >= 4 is 17.6 Å². The first-order valence-electron chi connectivity index (χ1n) is 9.00. The SMILES string of the molecule is CCCNC(=O)c1coc(CN(CCC)C(=O)Nc2cccc(OC)c2)n1. The van der Waals surface area contributed by atoms with E-state index >= 15 is 0 Å². The molecule has 1 heterocycles. The smallest absolute Gasteiger partial charge is 0.322 e. The maximum absolute atomic E-state index is 12.6. The number of nitrogens with one attached hydrogen (secondary N) is 2. The average molecular weight is 374 g/mol. The first-order chi connectivity index (χ1) is 13.1. The van der Waals surface area contributed by atoms with E-state index in [0.717, 1.165) is 12.8 Å². The molecule has 0 aliphatic carbocycles. The van der Waals surface area contributed by atoms with Gasteiger partial charge in [-0.3, -0.25) is 4.79 Å². The molecule has 0 bridgehead atoms. The Labute approximate surface area is 158 Å². The molecule has 2 aromatic rings. The third-order valence-corrected chi connectivity index (χ3v) is 3.75. The molecule has 2 N–H and O–H groups in total. The van der Waals surface area contributed by atoms with Gasteiger partial charge in [-0.2, -0.15) is 0 Å². The molecule has 27 heavy (non-hydrogen) atoms. The van der Waals surface area contributed by atoms with Gasteiger partial charge in [0.2, 0.25) is 5.89 Å². The first-order valence-corrected chi connectivity index (χ1v) is 9.00. The maximum Gasteiger partial charge on any atom is 0.322 e. The van der Waals surface area contributed by atoms with Gasteiger partial charge in [0.05, 0.1) is 13.7 Å². The predicted molar refractivity (Wildman–Crippen MR) is 102 cm³/mol. The van der Waals surface area contributed by atoms with Crippen molar-refractivity contribution in [2.45, 2.75) is 33.2 Å². The normalized spacial score (nSPS) is 10.3. The lowest BCUT2D eigenvalue weighted by Crippen LogP contribution is -2.35. The number of anilines is 1. The molecule has 0 aliphatic rings. The zero-order valence-electron chi connectivity index (χ0n) is 15.9. The molecule has 1 aromatic carbocycles. The number of urea groups is 1. The number of ether oxygens (including phenoxy) is 1. The second-order valence-corrected chi connectivity index (χ2v) is 5.97. The van der Waals surface area contributed by atoms with Crippen molar-refractivity contribution in [3.8, 4) is 5.75 Å². The zero-order valence-corrected chi connectivity index (χ0v) is 15.9. The summed E-state index contributed by atoms with van der Waals surface area (Å²) in [6, 6.07) is 6.85. The van der Waals surface area contributed by atoms with Crippen LogP contribution in [-0.2, 0) is 6.54 Å². The molecule has 8 nitrogen and oxygen atoms in total. The molecule has 2 rings (SSSR count). The lowest BCUT2D eigenvalue weighted by atomic mass is 10.3. The Morgan fingerprint density at radius 2 is 2.07 bits per heavy atom. The van der Waals surface area contributed by atoms with E-state index < -0.39 is 0 Å². The molecular weight excluding hydrogens is 348 g/mol. The Balaban J connectivity index is 2.02. The van der Waals surface area contributed by atoms with Crippen LogP contribution in [0.1, 0.15) is 43.1 Å². The monoisotopic (exact) mass is 374 g/mol. The Kier molecular flexibility index (Phi) is 7.66. The minimum atomic E-state index is -0.283. The van der Waals surface area contributed by atoms with Gasteiger partial charge < -0.3 is 24.7 Å². The summed E-state index contributed by atoms with van der Waals surface area (Å²) in [6.07, 6.45) is 2.92. The highest BCUT2D eigenvalue weighted by atomic mass is 16.5. The molecule has 0 saturated carbocycles. The molecule has 0 fully saturated rings. The number of oxazole rings is 1. The molecule has 0 aliphatic heterocycles. The molecule has 0 atom stereocenters. The van der Waals surface area contributed by atoms with E-state index in [9.17, 15) is 9.59 Å². The Morgan fingerprint density at radius 3 is 2.78 bits per heavy atom. The van der Waals surface area contributed by atoms with E-state index in [2.05, 4.69) is 15.6 Å². The van der Waals surface area contributed by atoms with Crippen LogP contribution in [0.15, 0.2) is 34.9 Å². The fourth-order valence-electron chi connectivity index (χ4n) is 2.41. The molecule has 0 saturated heterocycles. The lowest BCUT2D eigenvalue weighted by molar-refractivity contribution is 0.0948. The van der Waals surface area contributed by atoms with Crippen molar-refractivity contribution in [1.29, 1.82) is 0 Å². The summed E-state index contributed by atoms with van der Waals surface area (Å²) < 4.78 is 10.5. The minimum Gasteiger partial charge on any atom is -0.497 e. The summed E-state index contributed by atoms with van der Waals surface area (Å²) in [5.74, 6) is 0.686. The Morgan fingerprint density at radius 1 is 1.26 bits per heavy atom. The number of nitrogens with zero attached hydrogens (tertiary/aromatic N) is 2. The molecular formula is C19H26N4O4. The highest BCUT2D eigenvalue weighted by Crippen LogP contribution is 2.17. The summed E-state index contributed by atoms with van der Waals surface area (Å²) >= 11 is 0. The summed E-state index contributed by atoms with van der Waals surface area (Å²) in [7, 11) is 1.57. The summed E-state index contributed by atoms with van der Waals surface area (Å²) in [5, 5.41) is 5.58.